The number of benzene rings is 7. The number of fused-ring (bicyclic) bond motifs is 1. The maximum atomic E-state index is 2.62. The summed E-state index contributed by atoms with van der Waals surface area (Å²) in [7, 11) is -1.40. The molecule has 1 radical (unpaired) electrons. The summed E-state index contributed by atoms with van der Waals surface area (Å²) < 4.78 is 0. The minimum absolute atomic E-state index is 0. The van der Waals surface area contributed by atoms with Crippen LogP contribution in [0.3, 0.4) is 0 Å². The third kappa shape index (κ3) is 7.36. The number of hydrogen-bond donors (Lipinski definition) is 0. The van der Waals surface area contributed by atoms with Gasteiger partial charge in [-0.1, -0.05) is 159 Å². The number of para-hydroxylation sites is 1. The molecule has 1 aliphatic heterocycles. The first-order chi connectivity index (χ1) is 24.2. The van der Waals surface area contributed by atoms with Crippen molar-refractivity contribution in [1.29, 1.82) is 0 Å². The van der Waals surface area contributed by atoms with Crippen molar-refractivity contribution in [3.63, 3.8) is 0 Å². The van der Waals surface area contributed by atoms with E-state index in [2.05, 4.69) is 212 Å². The molecule has 2 atom stereocenters. The van der Waals surface area contributed by atoms with E-state index in [0.29, 0.717) is 5.92 Å². The molecule has 8 rings (SSSR count). The van der Waals surface area contributed by atoms with E-state index in [0.717, 1.165) is 0 Å². The molecule has 7 aromatic carbocycles. The fourth-order valence-corrected chi connectivity index (χ4v) is 10.4. The zero-order valence-corrected chi connectivity index (χ0v) is 33.0. The van der Waals surface area contributed by atoms with Crippen LogP contribution in [0.15, 0.2) is 182 Å². The van der Waals surface area contributed by atoms with Crippen LogP contribution in [0.25, 0.3) is 10.8 Å². The van der Waals surface area contributed by atoms with Crippen molar-refractivity contribution in [2.24, 2.45) is 0 Å². The van der Waals surface area contributed by atoms with Crippen molar-refractivity contribution in [2.75, 3.05) is 9.80 Å². The molecular weight excluding hydrogens is 738 g/mol. The van der Waals surface area contributed by atoms with Gasteiger partial charge in [-0.05, 0) is 64.4 Å². The first-order valence-corrected chi connectivity index (χ1v) is 18.8. The molecule has 1 aliphatic rings. The summed E-state index contributed by atoms with van der Waals surface area (Å²) in [5.41, 5.74) is 6.49. The van der Waals surface area contributed by atoms with Crippen LogP contribution in [0, 0.1) is 21.5 Å². The quantitative estimate of drug-likeness (QED) is 0.0860. The Labute approximate surface area is 325 Å². The molecule has 0 spiro atoms. The van der Waals surface area contributed by atoms with Crippen LogP contribution < -0.4 is 25.7 Å². The third-order valence-corrected chi connectivity index (χ3v) is 12.6. The van der Waals surface area contributed by atoms with Gasteiger partial charge >= 0.3 is 0 Å². The number of anilines is 2. The fraction of sp³-hybridized carbons (Fsp3) is 0.104. The van der Waals surface area contributed by atoms with Crippen molar-refractivity contribution >= 4 is 46.0 Å². The maximum absolute atomic E-state index is 2.62. The molecule has 2 nitrogen and oxygen atoms in total. The van der Waals surface area contributed by atoms with Gasteiger partial charge in [-0.15, -0.1) is 0 Å². The van der Waals surface area contributed by atoms with Gasteiger partial charge in [0.25, 0.3) is 0 Å². The van der Waals surface area contributed by atoms with Gasteiger partial charge in [0, 0.05) is 30.6 Å². The molecule has 0 amide bonds. The predicted molar refractivity (Wildman–Crippen MR) is 225 cm³/mol. The average Bonchev–Trinajstić information content (AvgIpc) is 3.56. The molecule has 0 aliphatic carbocycles. The summed E-state index contributed by atoms with van der Waals surface area (Å²) >= 11 is 0. The van der Waals surface area contributed by atoms with Gasteiger partial charge in [0.2, 0.25) is 0 Å². The summed E-state index contributed by atoms with van der Waals surface area (Å²) in [6, 6.07) is 67.2. The van der Waals surface area contributed by atoms with Crippen LogP contribution in [-0.2, 0) is 19.5 Å². The summed E-state index contributed by atoms with van der Waals surface area (Å²) in [6.07, 6.45) is 0. The summed E-state index contributed by atoms with van der Waals surface area (Å²) in [5.74, 6) is 0.379. The number of rotatable bonds is 8. The predicted octanol–water partition coefficient (Wildman–Crippen LogP) is 11.3. The zero-order valence-electron chi connectivity index (χ0n) is 30.4. The summed E-state index contributed by atoms with van der Waals surface area (Å²) in [5, 5.41) is 6.68. The molecule has 0 saturated carbocycles. The van der Waals surface area contributed by atoms with Crippen LogP contribution in [0.1, 0.15) is 48.5 Å². The van der Waals surface area contributed by atoms with Crippen LogP contribution in [-0.4, -0.2) is 0 Å². The van der Waals surface area contributed by atoms with E-state index in [1.165, 1.54) is 54.8 Å². The first kappa shape index (κ1) is 38.7. The second kappa shape index (κ2) is 17.3. The van der Waals surface area contributed by atoms with Crippen molar-refractivity contribution in [3.8, 4) is 0 Å². The molecule has 0 aromatic heterocycles. The molecule has 0 bridgehead atoms. The Kier molecular flexibility index (Phi) is 12.9. The van der Waals surface area contributed by atoms with Crippen molar-refractivity contribution in [3.05, 3.63) is 220 Å². The van der Waals surface area contributed by atoms with Gasteiger partial charge in [0.15, 0.2) is 0 Å². The second-order valence-electron chi connectivity index (χ2n) is 13.1. The Morgan fingerprint density at radius 2 is 0.962 bits per heavy atom. The van der Waals surface area contributed by atoms with Gasteiger partial charge in [-0.2, -0.15) is 6.67 Å². The molecule has 1 fully saturated rings. The van der Waals surface area contributed by atoms with Gasteiger partial charge in [-0.25, -0.2) is 0 Å². The van der Waals surface area contributed by atoms with Gasteiger partial charge in [0.1, 0.15) is 23.8 Å². The van der Waals surface area contributed by atoms with Crippen molar-refractivity contribution in [1.82, 2.24) is 0 Å². The van der Waals surface area contributed by atoms with Crippen LogP contribution in [0.5, 0.6) is 0 Å². The topological polar surface area (TPSA) is 6.48 Å². The first-order valence-electron chi connectivity index (χ1n) is 17.3. The monoisotopic (exact) mass is 785 g/mol. The molecule has 0 unspecified atom stereocenters. The molecule has 52 heavy (non-hydrogen) atoms. The van der Waals surface area contributed by atoms with E-state index in [4.69, 9.17) is 0 Å². The standard InChI is InChI=1S/C46H40N2P.2CH3.Rh/c1-34(2)40-28-17-18-30-42(40)47-33-48(45(37-22-9-4-10-23-37)44(47)36-20-7-3-8-21-36)46-41-29-16-15-19-35(41)31-32-43(46)49(38-24-11-5-12-25-38)39-26-13-6-14-27-39;;;/h3-34,44-45H,1-2H3;2*1H3;/q3*-1;/p+1/t44-,45-;;;/m0.../s1. The van der Waals surface area contributed by atoms with E-state index in [-0.39, 0.29) is 46.4 Å². The Hall–Kier alpha value is -4.55. The van der Waals surface area contributed by atoms with Crippen molar-refractivity contribution in [2.45, 2.75) is 31.8 Å². The Balaban J connectivity index is 0.00000174. The largest absolute Gasteiger partial charge is 0.495 e. The SMILES string of the molecule is CC(C)c1ccccc1N1[CH-]N(c2c([PH+](c3ccccc3)c3ccccc3)ccc3ccccc23)[C@@H](c2ccccc2)[C@@H]1c1ccccc1.[CH3-].[CH3-].[Rh]. The van der Waals surface area contributed by atoms with Crippen LogP contribution in [0.4, 0.5) is 11.4 Å². The van der Waals surface area contributed by atoms with E-state index in [1.807, 2.05) is 0 Å². The van der Waals surface area contributed by atoms with E-state index < -0.39 is 7.92 Å². The molecule has 265 valence electrons. The summed E-state index contributed by atoms with van der Waals surface area (Å²) in [6.45, 7) is 7.03. The smallest absolute Gasteiger partial charge is 0.123 e. The van der Waals surface area contributed by atoms with E-state index in [9.17, 15) is 0 Å². The Morgan fingerprint density at radius 1 is 0.500 bits per heavy atom. The molecule has 1 saturated heterocycles. The molecule has 7 aromatic rings. The number of nitrogens with zero attached hydrogens (tertiary/aromatic N) is 2. The molecular formula is C48H47N2PRh-2. The Morgan fingerprint density at radius 3 is 1.52 bits per heavy atom. The van der Waals surface area contributed by atoms with E-state index >= 15 is 0 Å². The minimum Gasteiger partial charge on any atom is -0.495 e. The van der Waals surface area contributed by atoms with Gasteiger partial charge in [0.05, 0.1) is 17.8 Å². The normalized spacial score (nSPS) is 15.2. The zero-order chi connectivity index (χ0) is 33.2. The van der Waals surface area contributed by atoms with Crippen LogP contribution >= 0.6 is 7.92 Å². The minimum atomic E-state index is -1.40. The molecule has 4 heteroatoms. The molecule has 1 heterocycles. The Bertz CT molecular complexity index is 2120. The van der Waals surface area contributed by atoms with Crippen LogP contribution in [0.2, 0.25) is 0 Å². The van der Waals surface area contributed by atoms with Gasteiger partial charge in [-0.3, -0.25) is 0 Å². The van der Waals surface area contributed by atoms with Gasteiger partial charge < -0.3 is 24.7 Å². The maximum Gasteiger partial charge on any atom is 0.123 e. The fourth-order valence-electron chi connectivity index (χ4n) is 7.61. The summed E-state index contributed by atoms with van der Waals surface area (Å²) in [4.78, 5) is 5.18. The number of hydrogen-bond acceptors (Lipinski definition) is 2. The third-order valence-electron chi connectivity index (χ3n) is 9.82. The van der Waals surface area contributed by atoms with E-state index in [1.54, 1.807) is 0 Å². The second-order valence-corrected chi connectivity index (χ2v) is 15.6. The molecule has 0 N–H and O–H groups in total. The van der Waals surface area contributed by atoms with Crippen molar-refractivity contribution < 1.29 is 19.5 Å². The average molecular weight is 786 g/mol.